The quantitative estimate of drug-likeness (QED) is 0.556. The van der Waals surface area contributed by atoms with Crippen molar-refractivity contribution in [3.63, 3.8) is 0 Å². The molecule has 0 aliphatic rings. The molecule has 0 aliphatic heterocycles. The second-order valence-electron chi connectivity index (χ2n) is 1.51. The summed E-state index contributed by atoms with van der Waals surface area (Å²) in [4.78, 5) is 7.39. The van der Waals surface area contributed by atoms with Crippen LogP contribution in [0.2, 0.25) is 0 Å². The predicted octanol–water partition coefficient (Wildman–Crippen LogP) is 0.120. The third-order valence-corrected chi connectivity index (χ3v) is 0.923. The summed E-state index contributed by atoms with van der Waals surface area (Å²) in [6, 6.07) is 0. The summed E-state index contributed by atoms with van der Waals surface area (Å²) in [6.07, 6.45) is 2.40. The van der Waals surface area contributed by atoms with E-state index in [2.05, 4.69) is 29.3 Å². The van der Waals surface area contributed by atoms with Crippen LogP contribution >= 0.6 is 0 Å². The maximum atomic E-state index is 4.46. The molecule has 0 saturated carbocycles. The zero-order valence-electron chi connectivity index (χ0n) is 4.76. The molecule has 0 saturated heterocycles. The zero-order valence-corrected chi connectivity index (χ0v) is 4.76. The van der Waals surface area contributed by atoms with Crippen molar-refractivity contribution in [2.45, 2.75) is 0 Å². The lowest BCUT2D eigenvalue weighted by Crippen LogP contribution is -1.80. The lowest BCUT2D eigenvalue weighted by Gasteiger charge is -1.75. The van der Waals surface area contributed by atoms with Crippen LogP contribution in [0.1, 0.15) is 0 Å². The molecule has 2 heterocycles. The minimum atomic E-state index is 0.328. The predicted molar refractivity (Wildman–Crippen MR) is 27.6 cm³/mol. The van der Waals surface area contributed by atoms with Gasteiger partial charge < -0.3 is 9.05 Å². The monoisotopic (exact) mass is 138 g/mol. The van der Waals surface area contributed by atoms with Crippen LogP contribution in [0, 0.1) is 0 Å². The summed E-state index contributed by atoms with van der Waals surface area (Å²) in [7, 11) is 0. The van der Waals surface area contributed by atoms with Gasteiger partial charge in [-0.2, -0.15) is 9.97 Å². The summed E-state index contributed by atoms with van der Waals surface area (Å²) in [5.74, 6) is 0.655. The highest BCUT2D eigenvalue weighted by atomic mass is 16.5. The first kappa shape index (κ1) is 5.10. The average molecular weight is 138 g/mol. The fraction of sp³-hybridized carbons (Fsp3) is 0. The first-order valence-corrected chi connectivity index (χ1v) is 2.50. The van der Waals surface area contributed by atoms with Crippen LogP contribution in [0.3, 0.4) is 0 Å². The molecular weight excluding hydrogens is 136 g/mol. The molecule has 0 fully saturated rings. The summed E-state index contributed by atoms with van der Waals surface area (Å²) in [6.45, 7) is 0. The van der Waals surface area contributed by atoms with Crippen LogP contribution in [-0.2, 0) is 0 Å². The van der Waals surface area contributed by atoms with Crippen molar-refractivity contribution in [2.75, 3.05) is 0 Å². The maximum absolute atomic E-state index is 4.46. The number of aromatic nitrogens is 4. The second kappa shape index (κ2) is 1.90. The van der Waals surface area contributed by atoms with Gasteiger partial charge in [0.2, 0.25) is 24.4 Å². The van der Waals surface area contributed by atoms with E-state index in [9.17, 15) is 0 Å². The van der Waals surface area contributed by atoms with E-state index in [0.29, 0.717) is 11.6 Å². The Bertz CT molecular complexity index is 255. The number of hydrogen-bond donors (Lipinski definition) is 0. The smallest absolute Gasteiger partial charge is 0.243 e. The molecule has 0 spiro atoms. The molecule has 2 aromatic rings. The van der Waals surface area contributed by atoms with Crippen molar-refractivity contribution in [1.29, 1.82) is 0 Å². The topological polar surface area (TPSA) is 77.8 Å². The Morgan fingerprint density at radius 1 is 0.900 bits per heavy atom. The summed E-state index contributed by atoms with van der Waals surface area (Å²) in [5, 5.41) is 6.98. The molecule has 0 amide bonds. The highest BCUT2D eigenvalue weighted by Gasteiger charge is 2.06. The lowest BCUT2D eigenvalue weighted by atomic mass is 10.6. The average Bonchev–Trinajstić information content (AvgIpc) is 2.59. The summed E-state index contributed by atoms with van der Waals surface area (Å²) in [5.41, 5.74) is 0. The third-order valence-electron chi connectivity index (χ3n) is 0.923. The first-order valence-electron chi connectivity index (χ1n) is 2.50. The van der Waals surface area contributed by atoms with Crippen LogP contribution in [0.4, 0.5) is 0 Å². The molecule has 0 bridgehead atoms. The molecule has 0 atom stereocenters. The molecule has 0 unspecified atom stereocenters. The van der Waals surface area contributed by atoms with Crippen LogP contribution < -0.4 is 0 Å². The molecule has 6 heteroatoms. The van der Waals surface area contributed by atoms with Crippen LogP contribution in [0.5, 0.6) is 0 Å². The van der Waals surface area contributed by atoms with E-state index in [-0.39, 0.29) is 0 Å². The van der Waals surface area contributed by atoms with Crippen molar-refractivity contribution in [3.8, 4) is 11.6 Å². The van der Waals surface area contributed by atoms with Gasteiger partial charge in [0.05, 0.1) is 0 Å². The molecule has 50 valence electrons. The standard InChI is InChI=1S/C4H2N4O2/c1-5-3(7-9-1)4-6-2-10-8-4/h1-2H. The fourth-order valence-corrected chi connectivity index (χ4v) is 0.538. The van der Waals surface area contributed by atoms with Gasteiger partial charge in [-0.1, -0.05) is 10.3 Å². The van der Waals surface area contributed by atoms with E-state index in [1.165, 1.54) is 12.8 Å². The molecule has 6 nitrogen and oxygen atoms in total. The van der Waals surface area contributed by atoms with Crippen molar-refractivity contribution in [2.24, 2.45) is 0 Å². The molecule has 10 heavy (non-hydrogen) atoms. The summed E-state index contributed by atoms with van der Waals surface area (Å²) >= 11 is 0. The Labute approximate surface area is 54.9 Å². The SMILES string of the molecule is c1nc(-c2ncon2)no1. The number of nitrogens with zero attached hydrogens (tertiary/aromatic N) is 4. The normalized spacial score (nSPS) is 10.0. The van der Waals surface area contributed by atoms with Gasteiger partial charge in [-0.3, -0.25) is 0 Å². The number of rotatable bonds is 1. The summed E-state index contributed by atoms with van der Waals surface area (Å²) < 4.78 is 8.91. The van der Waals surface area contributed by atoms with Crippen molar-refractivity contribution < 1.29 is 9.05 Å². The zero-order chi connectivity index (χ0) is 6.81. The van der Waals surface area contributed by atoms with Gasteiger partial charge in [-0.15, -0.1) is 0 Å². The molecule has 2 aromatic heterocycles. The van der Waals surface area contributed by atoms with E-state index < -0.39 is 0 Å². The van der Waals surface area contributed by atoms with E-state index in [1.54, 1.807) is 0 Å². The minimum absolute atomic E-state index is 0.328. The Kier molecular flexibility index (Phi) is 0.970. The van der Waals surface area contributed by atoms with Gasteiger partial charge in [-0.05, 0) is 0 Å². The maximum Gasteiger partial charge on any atom is 0.243 e. The molecular formula is C4H2N4O2. The Morgan fingerprint density at radius 3 is 1.70 bits per heavy atom. The van der Waals surface area contributed by atoms with Crippen LogP contribution in [0.15, 0.2) is 21.8 Å². The van der Waals surface area contributed by atoms with Crippen LogP contribution in [-0.4, -0.2) is 20.3 Å². The van der Waals surface area contributed by atoms with Gasteiger partial charge in [0.15, 0.2) is 0 Å². The molecule has 0 N–H and O–H groups in total. The van der Waals surface area contributed by atoms with Gasteiger partial charge in [0.25, 0.3) is 0 Å². The van der Waals surface area contributed by atoms with E-state index >= 15 is 0 Å². The molecule has 0 aliphatic carbocycles. The Balaban J connectivity index is 2.48. The highest BCUT2D eigenvalue weighted by Crippen LogP contribution is 2.04. The van der Waals surface area contributed by atoms with Crippen molar-refractivity contribution in [1.82, 2.24) is 20.3 Å². The number of hydrogen-bond acceptors (Lipinski definition) is 6. The second-order valence-corrected chi connectivity index (χ2v) is 1.51. The van der Waals surface area contributed by atoms with Gasteiger partial charge in [0, 0.05) is 0 Å². The van der Waals surface area contributed by atoms with E-state index in [4.69, 9.17) is 0 Å². The van der Waals surface area contributed by atoms with Crippen LogP contribution in [0.25, 0.3) is 11.6 Å². The minimum Gasteiger partial charge on any atom is -0.342 e. The van der Waals surface area contributed by atoms with Crippen molar-refractivity contribution >= 4 is 0 Å². The largest absolute Gasteiger partial charge is 0.342 e. The van der Waals surface area contributed by atoms with Gasteiger partial charge in [-0.25, -0.2) is 0 Å². The Hall–Kier alpha value is -1.72. The van der Waals surface area contributed by atoms with E-state index in [1.807, 2.05) is 0 Å². The Morgan fingerprint density at radius 2 is 1.40 bits per heavy atom. The van der Waals surface area contributed by atoms with Gasteiger partial charge in [0.1, 0.15) is 0 Å². The first-order chi connectivity index (χ1) is 4.97. The molecule has 0 aromatic carbocycles. The molecule has 2 rings (SSSR count). The molecule has 0 radical (unpaired) electrons. The van der Waals surface area contributed by atoms with Gasteiger partial charge >= 0.3 is 0 Å². The fourth-order valence-electron chi connectivity index (χ4n) is 0.538. The third kappa shape index (κ3) is 0.661. The lowest BCUT2D eigenvalue weighted by molar-refractivity contribution is 0.411. The van der Waals surface area contributed by atoms with E-state index in [0.717, 1.165) is 0 Å². The van der Waals surface area contributed by atoms with Crippen molar-refractivity contribution in [3.05, 3.63) is 12.8 Å². The highest BCUT2D eigenvalue weighted by molar-refractivity contribution is 5.38.